The highest BCUT2D eigenvalue weighted by Crippen LogP contribution is 2.42. The minimum absolute atomic E-state index is 0.0294. The van der Waals surface area contributed by atoms with Gasteiger partial charge in [0, 0.05) is 17.5 Å². The summed E-state index contributed by atoms with van der Waals surface area (Å²) >= 11 is 0. The van der Waals surface area contributed by atoms with E-state index in [1.165, 1.54) is 5.56 Å². The van der Waals surface area contributed by atoms with Crippen LogP contribution in [0.4, 0.5) is 0 Å². The van der Waals surface area contributed by atoms with E-state index >= 15 is 0 Å². The van der Waals surface area contributed by atoms with Gasteiger partial charge < -0.3 is 10.1 Å². The van der Waals surface area contributed by atoms with Crippen molar-refractivity contribution in [3.8, 4) is 5.75 Å². The monoisotopic (exact) mass is 365 g/mol. The molecule has 3 heteroatoms. The van der Waals surface area contributed by atoms with Crippen LogP contribution in [0.15, 0.2) is 48.5 Å². The lowest BCUT2D eigenvalue weighted by atomic mass is 9.83. The highest BCUT2D eigenvalue weighted by atomic mass is 16.5. The van der Waals surface area contributed by atoms with Gasteiger partial charge in [-0.1, -0.05) is 65.0 Å². The number of rotatable bonds is 4. The summed E-state index contributed by atoms with van der Waals surface area (Å²) in [5.74, 6) is 0.860. The number of ether oxygens (including phenoxy) is 1. The van der Waals surface area contributed by atoms with Gasteiger partial charge in [-0.15, -0.1) is 0 Å². The number of hydrogen-bond donors (Lipinski definition) is 1. The van der Waals surface area contributed by atoms with E-state index in [1.54, 1.807) is 0 Å². The average Bonchev–Trinajstić information content (AvgIpc) is 2.67. The largest absolute Gasteiger partial charge is 0.487 e. The molecule has 1 aliphatic heterocycles. The number of para-hydroxylation sites is 1. The second-order valence-corrected chi connectivity index (χ2v) is 8.59. The van der Waals surface area contributed by atoms with Crippen LogP contribution in [0.25, 0.3) is 0 Å². The Morgan fingerprint density at radius 3 is 2.30 bits per heavy atom. The highest BCUT2D eigenvalue weighted by Gasteiger charge is 2.39. The van der Waals surface area contributed by atoms with Crippen molar-refractivity contribution in [2.24, 2.45) is 0 Å². The Morgan fingerprint density at radius 2 is 1.70 bits per heavy atom. The fourth-order valence-corrected chi connectivity index (χ4v) is 3.79. The fourth-order valence-electron chi connectivity index (χ4n) is 3.79. The predicted octanol–water partition coefficient (Wildman–Crippen LogP) is 5.80. The Balaban J connectivity index is 1.84. The van der Waals surface area contributed by atoms with Gasteiger partial charge in [-0.25, -0.2) is 0 Å². The Labute approximate surface area is 163 Å². The van der Waals surface area contributed by atoms with Gasteiger partial charge in [-0.3, -0.25) is 4.79 Å². The molecule has 0 aliphatic carbocycles. The highest BCUT2D eigenvalue weighted by molar-refractivity contribution is 5.94. The summed E-state index contributed by atoms with van der Waals surface area (Å²) in [6.45, 7) is 10.8. The van der Waals surface area contributed by atoms with Crippen molar-refractivity contribution in [3.05, 3.63) is 65.2 Å². The molecule has 1 heterocycles. The van der Waals surface area contributed by atoms with Gasteiger partial charge in [-0.2, -0.15) is 0 Å². The SMILES string of the molecule is CCC1(CC)C[C@H](NC(=O)c2ccc(C(C)(C)C)cc2)c2ccccc2O1. The van der Waals surface area contributed by atoms with Gasteiger partial charge in [0.05, 0.1) is 6.04 Å². The second kappa shape index (κ2) is 7.38. The quantitative estimate of drug-likeness (QED) is 0.744. The van der Waals surface area contributed by atoms with Gasteiger partial charge >= 0.3 is 0 Å². The summed E-state index contributed by atoms with van der Waals surface area (Å²) in [4.78, 5) is 12.9. The van der Waals surface area contributed by atoms with Crippen molar-refractivity contribution < 1.29 is 9.53 Å². The molecule has 2 aromatic rings. The number of amides is 1. The van der Waals surface area contributed by atoms with Crippen molar-refractivity contribution in [3.63, 3.8) is 0 Å². The van der Waals surface area contributed by atoms with Crippen molar-refractivity contribution >= 4 is 5.91 Å². The summed E-state index contributed by atoms with van der Waals surface area (Å²) in [5, 5.41) is 3.25. The maximum atomic E-state index is 12.9. The molecule has 3 rings (SSSR count). The third-order valence-corrected chi connectivity index (χ3v) is 5.80. The molecule has 0 aromatic heterocycles. The van der Waals surface area contributed by atoms with Gasteiger partial charge in [0.1, 0.15) is 11.4 Å². The first-order chi connectivity index (χ1) is 12.8. The van der Waals surface area contributed by atoms with E-state index in [-0.39, 0.29) is 23.0 Å². The van der Waals surface area contributed by atoms with Crippen LogP contribution in [0.2, 0.25) is 0 Å². The summed E-state index contributed by atoms with van der Waals surface area (Å²) in [7, 11) is 0. The molecule has 0 saturated carbocycles. The van der Waals surface area contributed by atoms with Crippen molar-refractivity contribution in [1.29, 1.82) is 0 Å². The first-order valence-corrected chi connectivity index (χ1v) is 9.97. The Morgan fingerprint density at radius 1 is 1.07 bits per heavy atom. The molecule has 2 aromatic carbocycles. The molecule has 0 fully saturated rings. The van der Waals surface area contributed by atoms with Crippen LogP contribution in [0, 0.1) is 0 Å². The molecule has 0 saturated heterocycles. The predicted molar refractivity (Wildman–Crippen MR) is 110 cm³/mol. The zero-order chi connectivity index (χ0) is 19.7. The van der Waals surface area contributed by atoms with Crippen molar-refractivity contribution in [2.75, 3.05) is 0 Å². The summed E-state index contributed by atoms with van der Waals surface area (Å²) in [5.41, 5.74) is 2.85. The topological polar surface area (TPSA) is 38.3 Å². The summed E-state index contributed by atoms with van der Waals surface area (Å²) < 4.78 is 6.34. The zero-order valence-corrected chi connectivity index (χ0v) is 17.1. The minimum Gasteiger partial charge on any atom is -0.487 e. The van der Waals surface area contributed by atoms with Crippen LogP contribution >= 0.6 is 0 Å². The number of carbonyl (C=O) groups excluding carboxylic acids is 1. The third-order valence-electron chi connectivity index (χ3n) is 5.80. The normalized spacial score (nSPS) is 18.3. The Bertz CT molecular complexity index is 798. The van der Waals surface area contributed by atoms with Crippen LogP contribution < -0.4 is 10.1 Å². The van der Waals surface area contributed by atoms with Crippen molar-refractivity contribution in [2.45, 2.75) is 70.9 Å². The van der Waals surface area contributed by atoms with Crippen LogP contribution in [-0.4, -0.2) is 11.5 Å². The summed E-state index contributed by atoms with van der Waals surface area (Å²) in [6.07, 6.45) is 2.64. The smallest absolute Gasteiger partial charge is 0.251 e. The lowest BCUT2D eigenvalue weighted by Gasteiger charge is -2.41. The first-order valence-electron chi connectivity index (χ1n) is 9.97. The van der Waals surface area contributed by atoms with E-state index in [0.717, 1.165) is 30.6 Å². The summed E-state index contributed by atoms with van der Waals surface area (Å²) in [6, 6.07) is 16.0. The molecule has 0 spiro atoms. The Hall–Kier alpha value is -2.29. The molecule has 27 heavy (non-hydrogen) atoms. The lowest BCUT2D eigenvalue weighted by Crippen LogP contribution is -2.44. The number of nitrogens with one attached hydrogen (secondary N) is 1. The fraction of sp³-hybridized carbons (Fsp3) is 0.458. The molecule has 1 aliphatic rings. The van der Waals surface area contributed by atoms with E-state index in [1.807, 2.05) is 30.3 Å². The van der Waals surface area contributed by atoms with Crippen LogP contribution in [0.5, 0.6) is 5.75 Å². The Kier molecular flexibility index (Phi) is 5.32. The number of carbonyl (C=O) groups is 1. The zero-order valence-electron chi connectivity index (χ0n) is 17.1. The van der Waals surface area contributed by atoms with E-state index in [9.17, 15) is 4.79 Å². The van der Waals surface area contributed by atoms with E-state index in [4.69, 9.17) is 4.74 Å². The maximum Gasteiger partial charge on any atom is 0.251 e. The molecule has 144 valence electrons. The first kappa shape index (κ1) is 19.5. The maximum absolute atomic E-state index is 12.9. The molecule has 0 radical (unpaired) electrons. The van der Waals surface area contributed by atoms with Crippen LogP contribution in [0.3, 0.4) is 0 Å². The van der Waals surface area contributed by atoms with Gasteiger partial charge in [0.15, 0.2) is 0 Å². The molecule has 1 N–H and O–H groups in total. The van der Waals surface area contributed by atoms with Gasteiger partial charge in [0.25, 0.3) is 5.91 Å². The van der Waals surface area contributed by atoms with E-state index < -0.39 is 0 Å². The lowest BCUT2D eigenvalue weighted by molar-refractivity contribution is 0.0227. The van der Waals surface area contributed by atoms with Gasteiger partial charge in [-0.05, 0) is 42.0 Å². The molecule has 1 amide bonds. The molecule has 0 bridgehead atoms. The second-order valence-electron chi connectivity index (χ2n) is 8.59. The molecule has 3 nitrogen and oxygen atoms in total. The molecular weight excluding hydrogens is 334 g/mol. The van der Waals surface area contributed by atoms with Crippen LogP contribution in [-0.2, 0) is 5.41 Å². The van der Waals surface area contributed by atoms with Crippen LogP contribution in [0.1, 0.15) is 81.4 Å². The third kappa shape index (κ3) is 4.02. The standard InChI is InChI=1S/C24H31NO2/c1-6-24(7-2)16-20(19-10-8-9-11-21(19)27-24)25-22(26)17-12-14-18(15-13-17)23(3,4)5/h8-15,20H,6-7,16H2,1-5H3,(H,25,26)/t20-/m0/s1. The minimum atomic E-state index is -0.220. The van der Waals surface area contributed by atoms with E-state index in [2.05, 4.69) is 58.1 Å². The average molecular weight is 366 g/mol. The van der Waals surface area contributed by atoms with Crippen molar-refractivity contribution in [1.82, 2.24) is 5.32 Å². The molecule has 0 unspecified atom stereocenters. The van der Waals surface area contributed by atoms with E-state index in [0.29, 0.717) is 5.56 Å². The number of fused-ring (bicyclic) bond motifs is 1. The molecular formula is C24H31NO2. The van der Waals surface area contributed by atoms with Gasteiger partial charge in [0.2, 0.25) is 0 Å². The number of hydrogen-bond acceptors (Lipinski definition) is 2. The number of benzene rings is 2. The molecule has 1 atom stereocenters.